The monoisotopic (exact) mass is 368 g/mol. The number of rotatable bonds is 4. The molecule has 0 spiro atoms. The number of hydrogen-bond acceptors (Lipinski definition) is 4. The van der Waals surface area contributed by atoms with Gasteiger partial charge in [0, 0.05) is 5.56 Å². The molecule has 1 fully saturated rings. The third-order valence-electron chi connectivity index (χ3n) is 5.08. The minimum absolute atomic E-state index is 0.0892. The van der Waals surface area contributed by atoms with E-state index in [1.54, 1.807) is 19.9 Å². The number of carbonyl (C=O) groups is 2. The highest BCUT2D eigenvalue weighted by Crippen LogP contribution is 2.32. The van der Waals surface area contributed by atoms with Crippen LogP contribution in [0, 0.1) is 19.8 Å². The maximum atomic E-state index is 12.6. The van der Waals surface area contributed by atoms with E-state index in [0.29, 0.717) is 42.7 Å². The van der Waals surface area contributed by atoms with E-state index in [1.807, 2.05) is 0 Å². The van der Waals surface area contributed by atoms with Crippen LogP contribution in [-0.4, -0.2) is 30.9 Å². The summed E-state index contributed by atoms with van der Waals surface area (Å²) in [4.78, 5) is 24.3. The number of nitrogens with one attached hydrogen (secondary N) is 1. The van der Waals surface area contributed by atoms with E-state index in [0.717, 1.165) is 0 Å². The number of carboxylic acids is 1. The van der Waals surface area contributed by atoms with E-state index < -0.39 is 27.4 Å². The lowest BCUT2D eigenvalue weighted by Gasteiger charge is -2.36. The maximum Gasteiger partial charge on any atom is 0.329 e. The van der Waals surface area contributed by atoms with Crippen LogP contribution in [0.1, 0.15) is 54.1 Å². The van der Waals surface area contributed by atoms with Crippen LogP contribution in [0.15, 0.2) is 17.0 Å². The van der Waals surface area contributed by atoms with E-state index in [-0.39, 0.29) is 10.5 Å². The summed E-state index contributed by atoms with van der Waals surface area (Å²) in [5.41, 5.74) is -0.160. The van der Waals surface area contributed by atoms with Gasteiger partial charge >= 0.3 is 5.97 Å². The van der Waals surface area contributed by atoms with Crippen LogP contribution < -0.4 is 10.5 Å². The van der Waals surface area contributed by atoms with Crippen molar-refractivity contribution in [3.05, 3.63) is 28.8 Å². The fourth-order valence-corrected chi connectivity index (χ4v) is 4.07. The molecule has 0 radical (unpaired) electrons. The summed E-state index contributed by atoms with van der Waals surface area (Å²) in [6.07, 6.45) is 2.12. The van der Waals surface area contributed by atoms with Gasteiger partial charge in [0.15, 0.2) is 0 Å². The SMILES string of the molecule is Cc1cc(C(=O)NC2(C(=O)O)CCC(C)CC2)cc(S(N)(=O)=O)c1C. The van der Waals surface area contributed by atoms with Gasteiger partial charge in [-0.2, -0.15) is 0 Å². The van der Waals surface area contributed by atoms with Gasteiger partial charge in [-0.15, -0.1) is 0 Å². The Morgan fingerprint density at radius 1 is 1.24 bits per heavy atom. The fraction of sp³-hybridized carbons (Fsp3) is 0.529. The van der Waals surface area contributed by atoms with Crippen LogP contribution in [0.2, 0.25) is 0 Å². The average Bonchev–Trinajstić information content (AvgIpc) is 2.50. The minimum Gasteiger partial charge on any atom is -0.480 e. The molecule has 8 heteroatoms. The lowest BCUT2D eigenvalue weighted by Crippen LogP contribution is -2.56. The molecule has 0 atom stereocenters. The highest BCUT2D eigenvalue weighted by Gasteiger charge is 2.42. The number of hydrogen-bond donors (Lipinski definition) is 3. The molecule has 1 aromatic carbocycles. The number of amides is 1. The second kappa shape index (κ2) is 6.76. The number of aliphatic carboxylic acids is 1. The Morgan fingerprint density at radius 3 is 2.28 bits per heavy atom. The zero-order chi connectivity index (χ0) is 19.0. The standard InChI is InChI=1S/C17H24N2O5S/c1-10-4-6-17(7-5-10,16(21)22)19-15(20)13-8-11(2)12(3)14(9-13)25(18,23)24/h8-10H,4-7H2,1-3H3,(H,19,20)(H,21,22)(H2,18,23,24). The Hall–Kier alpha value is -1.93. The molecule has 2 rings (SSSR count). The first-order chi connectivity index (χ1) is 11.5. The summed E-state index contributed by atoms with van der Waals surface area (Å²) in [5, 5.41) is 17.5. The zero-order valence-electron chi connectivity index (χ0n) is 14.6. The lowest BCUT2D eigenvalue weighted by molar-refractivity contribution is -0.146. The van der Waals surface area contributed by atoms with Crippen LogP contribution in [0.4, 0.5) is 0 Å². The normalized spacial score (nSPS) is 23.9. The fourth-order valence-electron chi connectivity index (χ4n) is 3.19. The summed E-state index contributed by atoms with van der Waals surface area (Å²) in [7, 11) is -3.98. The molecular formula is C17H24N2O5S. The van der Waals surface area contributed by atoms with Gasteiger partial charge in [0.2, 0.25) is 10.0 Å². The summed E-state index contributed by atoms with van der Waals surface area (Å²) in [6.45, 7) is 5.34. The Labute approximate surface area is 147 Å². The van der Waals surface area contributed by atoms with Gasteiger partial charge in [0.05, 0.1) is 4.90 Å². The molecular weight excluding hydrogens is 344 g/mol. The summed E-state index contributed by atoms with van der Waals surface area (Å²) in [5.74, 6) is -1.26. The summed E-state index contributed by atoms with van der Waals surface area (Å²) < 4.78 is 23.5. The quantitative estimate of drug-likeness (QED) is 0.746. The number of carbonyl (C=O) groups excluding carboxylic acids is 1. The van der Waals surface area contributed by atoms with Crippen LogP contribution >= 0.6 is 0 Å². The maximum absolute atomic E-state index is 12.6. The molecule has 0 bridgehead atoms. The van der Waals surface area contributed by atoms with Crippen molar-refractivity contribution in [3.63, 3.8) is 0 Å². The van der Waals surface area contributed by atoms with Gasteiger partial charge < -0.3 is 10.4 Å². The van der Waals surface area contributed by atoms with Crippen molar-refractivity contribution >= 4 is 21.9 Å². The molecule has 7 nitrogen and oxygen atoms in total. The van der Waals surface area contributed by atoms with Crippen molar-refractivity contribution in [1.82, 2.24) is 5.32 Å². The number of benzene rings is 1. The van der Waals surface area contributed by atoms with E-state index in [4.69, 9.17) is 5.14 Å². The molecule has 1 aliphatic carbocycles. The van der Waals surface area contributed by atoms with Gasteiger partial charge in [0.25, 0.3) is 5.91 Å². The van der Waals surface area contributed by atoms with Gasteiger partial charge in [-0.05, 0) is 68.7 Å². The Kier molecular flexibility index (Phi) is 5.24. The highest BCUT2D eigenvalue weighted by molar-refractivity contribution is 7.89. The van der Waals surface area contributed by atoms with Crippen molar-refractivity contribution in [2.75, 3.05) is 0 Å². The Morgan fingerprint density at radius 2 is 1.80 bits per heavy atom. The molecule has 1 saturated carbocycles. The van der Waals surface area contributed by atoms with Gasteiger partial charge in [-0.25, -0.2) is 18.4 Å². The van der Waals surface area contributed by atoms with Gasteiger partial charge in [-0.3, -0.25) is 4.79 Å². The molecule has 4 N–H and O–H groups in total. The number of primary sulfonamides is 1. The average molecular weight is 368 g/mol. The molecule has 25 heavy (non-hydrogen) atoms. The second-order valence-corrected chi connectivity index (χ2v) is 8.52. The smallest absolute Gasteiger partial charge is 0.329 e. The predicted octanol–water partition coefficient (Wildman–Crippen LogP) is 1.71. The van der Waals surface area contributed by atoms with Crippen molar-refractivity contribution < 1.29 is 23.1 Å². The number of sulfonamides is 1. The predicted molar refractivity (Wildman–Crippen MR) is 92.8 cm³/mol. The minimum atomic E-state index is -3.98. The first-order valence-corrected chi connectivity index (χ1v) is 9.71. The van der Waals surface area contributed by atoms with Crippen molar-refractivity contribution in [2.24, 2.45) is 11.1 Å². The van der Waals surface area contributed by atoms with Crippen molar-refractivity contribution in [2.45, 2.75) is 56.9 Å². The molecule has 0 aromatic heterocycles. The Balaban J connectivity index is 2.37. The number of carboxylic acid groups (broad SMARTS) is 1. The third kappa shape index (κ3) is 4.01. The van der Waals surface area contributed by atoms with E-state index >= 15 is 0 Å². The Bertz CT molecular complexity index is 809. The number of nitrogens with two attached hydrogens (primary N) is 1. The molecule has 1 aliphatic rings. The van der Waals surface area contributed by atoms with E-state index in [1.165, 1.54) is 6.07 Å². The van der Waals surface area contributed by atoms with Crippen LogP contribution in [0.3, 0.4) is 0 Å². The van der Waals surface area contributed by atoms with E-state index in [2.05, 4.69) is 12.2 Å². The molecule has 1 aromatic rings. The summed E-state index contributed by atoms with van der Waals surface area (Å²) in [6, 6.07) is 2.74. The lowest BCUT2D eigenvalue weighted by atomic mass is 9.77. The van der Waals surface area contributed by atoms with Crippen LogP contribution in [0.5, 0.6) is 0 Å². The molecule has 0 saturated heterocycles. The number of aryl methyl sites for hydroxylation is 1. The second-order valence-electron chi connectivity index (χ2n) is 6.99. The molecule has 0 unspecified atom stereocenters. The van der Waals surface area contributed by atoms with Crippen molar-refractivity contribution in [3.8, 4) is 0 Å². The van der Waals surface area contributed by atoms with Gasteiger partial charge in [0.1, 0.15) is 5.54 Å². The van der Waals surface area contributed by atoms with Crippen LogP contribution in [-0.2, 0) is 14.8 Å². The largest absolute Gasteiger partial charge is 0.480 e. The topological polar surface area (TPSA) is 127 Å². The zero-order valence-corrected chi connectivity index (χ0v) is 15.4. The van der Waals surface area contributed by atoms with E-state index in [9.17, 15) is 23.1 Å². The molecule has 1 amide bonds. The van der Waals surface area contributed by atoms with Gasteiger partial charge in [-0.1, -0.05) is 6.92 Å². The summed E-state index contributed by atoms with van der Waals surface area (Å²) >= 11 is 0. The first kappa shape index (κ1) is 19.4. The van der Waals surface area contributed by atoms with Crippen molar-refractivity contribution in [1.29, 1.82) is 0 Å². The highest BCUT2D eigenvalue weighted by atomic mass is 32.2. The molecule has 0 aliphatic heterocycles. The first-order valence-electron chi connectivity index (χ1n) is 8.16. The van der Waals surface area contributed by atoms with Crippen LogP contribution in [0.25, 0.3) is 0 Å². The third-order valence-corrected chi connectivity index (χ3v) is 6.12. The molecule has 138 valence electrons. The molecule has 0 heterocycles.